The highest BCUT2D eigenvalue weighted by molar-refractivity contribution is 8.18. The number of halogens is 1. The van der Waals surface area contributed by atoms with Crippen LogP contribution < -0.4 is 10.1 Å². The number of amides is 1. The molecule has 0 unspecified atom stereocenters. The summed E-state index contributed by atoms with van der Waals surface area (Å²) in [6.07, 6.45) is 1.71. The second kappa shape index (κ2) is 6.98. The van der Waals surface area contributed by atoms with Crippen LogP contribution in [-0.4, -0.2) is 23.3 Å². The van der Waals surface area contributed by atoms with Gasteiger partial charge in [0.05, 0.1) is 17.7 Å². The first-order chi connectivity index (χ1) is 11.5. The van der Waals surface area contributed by atoms with Crippen LogP contribution in [0.3, 0.4) is 0 Å². The van der Waals surface area contributed by atoms with Crippen molar-refractivity contribution >= 4 is 46.2 Å². The van der Waals surface area contributed by atoms with E-state index in [1.165, 1.54) is 24.9 Å². The van der Waals surface area contributed by atoms with Gasteiger partial charge >= 0.3 is 0 Å². The van der Waals surface area contributed by atoms with Crippen LogP contribution in [0, 0.1) is 0 Å². The molecule has 3 rings (SSSR count). The van der Waals surface area contributed by atoms with Gasteiger partial charge < -0.3 is 15.2 Å². The molecule has 1 aliphatic heterocycles. The van der Waals surface area contributed by atoms with Crippen LogP contribution in [0.5, 0.6) is 11.5 Å². The maximum Gasteiger partial charge on any atom is 0.264 e. The van der Waals surface area contributed by atoms with Crippen molar-refractivity contribution in [1.29, 1.82) is 0 Å². The lowest BCUT2D eigenvalue weighted by atomic mass is 10.2. The van der Waals surface area contributed by atoms with Crippen molar-refractivity contribution in [2.75, 3.05) is 7.11 Å². The molecule has 0 spiro atoms. The molecular weight excluding hydrogens is 348 g/mol. The number of nitrogens with one attached hydrogen (secondary N) is 1. The summed E-state index contributed by atoms with van der Waals surface area (Å²) in [5, 5.41) is 13.4. The summed E-state index contributed by atoms with van der Waals surface area (Å²) in [5.41, 5.74) is 1.41. The number of carbonyl (C=O) groups excluding carboxylic acids is 1. The molecule has 24 heavy (non-hydrogen) atoms. The van der Waals surface area contributed by atoms with Crippen LogP contribution in [0.2, 0.25) is 5.02 Å². The van der Waals surface area contributed by atoms with Gasteiger partial charge in [0.2, 0.25) is 0 Å². The minimum Gasteiger partial charge on any atom is -0.504 e. The van der Waals surface area contributed by atoms with Gasteiger partial charge in [-0.05, 0) is 53.7 Å². The number of carbonyl (C=O) groups is 1. The molecular formula is C17H13ClN2O3S. The Morgan fingerprint density at radius 2 is 2.12 bits per heavy atom. The monoisotopic (exact) mass is 360 g/mol. The molecule has 5 nitrogen and oxygen atoms in total. The smallest absolute Gasteiger partial charge is 0.264 e. The molecule has 0 aliphatic carbocycles. The fraction of sp³-hybridized carbons (Fsp3) is 0.0588. The van der Waals surface area contributed by atoms with Crippen LogP contribution in [0.4, 0.5) is 5.69 Å². The first kappa shape index (κ1) is 16.4. The Bertz CT molecular complexity index is 865. The maximum atomic E-state index is 12.1. The Balaban J connectivity index is 1.84. The largest absolute Gasteiger partial charge is 0.504 e. The number of hydrogen-bond acceptors (Lipinski definition) is 5. The molecule has 122 valence electrons. The number of hydrogen-bond donors (Lipinski definition) is 2. The van der Waals surface area contributed by atoms with E-state index in [9.17, 15) is 9.90 Å². The number of phenolic OH excluding ortho intramolecular Hbond substituents is 1. The number of thioether (sulfide) groups is 1. The molecule has 7 heteroatoms. The standard InChI is InChI=1S/C17H13ClN2O3S/c1-23-14-7-10(5-6-13(14)21)8-15-16(22)20-17(24-15)19-12-4-2-3-11(18)9-12/h2-9,21H,1H3,(H,19,20,22)/b15-8-. The van der Waals surface area contributed by atoms with E-state index in [0.29, 0.717) is 26.5 Å². The van der Waals surface area contributed by atoms with Gasteiger partial charge in [-0.15, -0.1) is 0 Å². The van der Waals surface area contributed by atoms with Gasteiger partial charge in [-0.1, -0.05) is 23.7 Å². The van der Waals surface area contributed by atoms with E-state index in [1.807, 2.05) is 0 Å². The average molecular weight is 361 g/mol. The zero-order chi connectivity index (χ0) is 17.1. The summed E-state index contributed by atoms with van der Waals surface area (Å²) in [6, 6.07) is 11.9. The molecule has 1 heterocycles. The SMILES string of the molecule is COc1cc(/C=C2\SC(=Nc3cccc(Cl)c3)NC2=O)ccc1O. The third-order valence-corrected chi connectivity index (χ3v) is 4.34. The molecule has 1 fully saturated rings. The van der Waals surface area contributed by atoms with E-state index in [-0.39, 0.29) is 11.7 Å². The first-order valence-corrected chi connectivity index (χ1v) is 8.17. The van der Waals surface area contributed by atoms with Crippen molar-refractivity contribution in [3.05, 3.63) is 58.0 Å². The predicted molar refractivity (Wildman–Crippen MR) is 96.9 cm³/mol. The lowest BCUT2D eigenvalue weighted by Crippen LogP contribution is -2.19. The lowest BCUT2D eigenvalue weighted by molar-refractivity contribution is -0.115. The summed E-state index contributed by atoms with van der Waals surface area (Å²) >= 11 is 7.17. The fourth-order valence-electron chi connectivity index (χ4n) is 2.08. The van der Waals surface area contributed by atoms with Crippen LogP contribution in [0.25, 0.3) is 6.08 Å². The zero-order valence-corrected chi connectivity index (χ0v) is 14.2. The highest BCUT2D eigenvalue weighted by Crippen LogP contribution is 2.31. The van der Waals surface area contributed by atoms with Crippen LogP contribution >= 0.6 is 23.4 Å². The van der Waals surface area contributed by atoms with Crippen molar-refractivity contribution in [2.24, 2.45) is 4.99 Å². The minimum atomic E-state index is -0.229. The van der Waals surface area contributed by atoms with Gasteiger partial charge in [0.15, 0.2) is 16.7 Å². The Morgan fingerprint density at radius 3 is 2.88 bits per heavy atom. The molecule has 2 aromatic carbocycles. The number of aromatic hydroxyl groups is 1. The molecule has 1 amide bonds. The molecule has 0 saturated carbocycles. The molecule has 1 saturated heterocycles. The minimum absolute atomic E-state index is 0.0476. The summed E-state index contributed by atoms with van der Waals surface area (Å²) in [5.74, 6) is 0.166. The van der Waals surface area contributed by atoms with Gasteiger partial charge in [-0.3, -0.25) is 4.79 Å². The molecule has 2 aromatic rings. The summed E-state index contributed by atoms with van der Waals surface area (Å²) in [6.45, 7) is 0. The summed E-state index contributed by atoms with van der Waals surface area (Å²) in [7, 11) is 1.47. The van der Waals surface area contributed by atoms with Gasteiger partial charge in [0.25, 0.3) is 5.91 Å². The number of rotatable bonds is 3. The zero-order valence-electron chi connectivity index (χ0n) is 12.6. The van der Waals surface area contributed by atoms with Gasteiger partial charge in [-0.2, -0.15) is 0 Å². The third kappa shape index (κ3) is 3.72. The quantitative estimate of drug-likeness (QED) is 0.813. The summed E-state index contributed by atoms with van der Waals surface area (Å²) < 4.78 is 5.07. The summed E-state index contributed by atoms with van der Waals surface area (Å²) in [4.78, 5) is 16.9. The van der Waals surface area contributed by atoms with Crippen molar-refractivity contribution in [3.63, 3.8) is 0 Å². The van der Waals surface area contributed by atoms with E-state index in [4.69, 9.17) is 16.3 Å². The molecule has 1 aliphatic rings. The molecule has 0 bridgehead atoms. The Morgan fingerprint density at radius 1 is 1.29 bits per heavy atom. The van der Waals surface area contributed by atoms with E-state index in [0.717, 1.165) is 5.56 Å². The molecule has 0 radical (unpaired) electrons. The average Bonchev–Trinajstić information content (AvgIpc) is 2.88. The van der Waals surface area contributed by atoms with E-state index >= 15 is 0 Å². The van der Waals surface area contributed by atoms with Crippen LogP contribution in [-0.2, 0) is 4.79 Å². The molecule has 0 aromatic heterocycles. The second-order valence-electron chi connectivity index (χ2n) is 4.89. The number of benzene rings is 2. The van der Waals surface area contributed by atoms with Crippen molar-refractivity contribution < 1.29 is 14.6 Å². The van der Waals surface area contributed by atoms with Gasteiger partial charge in [0, 0.05) is 5.02 Å². The Kier molecular flexibility index (Phi) is 4.78. The number of ether oxygens (including phenoxy) is 1. The number of amidine groups is 1. The van der Waals surface area contributed by atoms with Crippen LogP contribution in [0.1, 0.15) is 5.56 Å². The Labute approximate surface area is 148 Å². The highest BCUT2D eigenvalue weighted by Gasteiger charge is 2.23. The van der Waals surface area contributed by atoms with Crippen molar-refractivity contribution in [1.82, 2.24) is 5.32 Å². The van der Waals surface area contributed by atoms with Gasteiger partial charge in [0.1, 0.15) is 0 Å². The number of methoxy groups -OCH3 is 1. The van der Waals surface area contributed by atoms with Crippen LogP contribution in [0.15, 0.2) is 52.4 Å². The maximum absolute atomic E-state index is 12.1. The van der Waals surface area contributed by atoms with E-state index in [1.54, 1.807) is 42.5 Å². The Hall–Kier alpha value is -2.44. The second-order valence-corrected chi connectivity index (χ2v) is 6.36. The number of phenols is 1. The normalized spacial score (nSPS) is 17.3. The lowest BCUT2D eigenvalue weighted by Gasteiger charge is -2.03. The number of nitrogens with zero attached hydrogens (tertiary/aromatic N) is 1. The van der Waals surface area contributed by atoms with E-state index in [2.05, 4.69) is 10.3 Å². The van der Waals surface area contributed by atoms with Crippen molar-refractivity contribution in [3.8, 4) is 11.5 Å². The van der Waals surface area contributed by atoms with Gasteiger partial charge in [-0.25, -0.2) is 4.99 Å². The molecule has 2 N–H and O–H groups in total. The fourth-order valence-corrected chi connectivity index (χ4v) is 3.11. The first-order valence-electron chi connectivity index (χ1n) is 6.97. The van der Waals surface area contributed by atoms with Crippen molar-refractivity contribution in [2.45, 2.75) is 0 Å². The number of aliphatic imine (C=N–C) groups is 1. The highest BCUT2D eigenvalue weighted by atomic mass is 35.5. The predicted octanol–water partition coefficient (Wildman–Crippen LogP) is 3.95. The third-order valence-electron chi connectivity index (χ3n) is 3.19. The van der Waals surface area contributed by atoms with E-state index < -0.39 is 0 Å². The topological polar surface area (TPSA) is 70.9 Å². The molecule has 0 atom stereocenters.